The van der Waals surface area contributed by atoms with Crippen LogP contribution in [0.2, 0.25) is 0 Å². The molecule has 0 saturated carbocycles. The van der Waals surface area contributed by atoms with Gasteiger partial charge in [0.25, 0.3) is 0 Å². The second kappa shape index (κ2) is 7.70. The summed E-state index contributed by atoms with van der Waals surface area (Å²) in [6, 6.07) is 3.44. The van der Waals surface area contributed by atoms with Gasteiger partial charge in [-0.25, -0.2) is 4.79 Å². The Labute approximate surface area is 156 Å². The van der Waals surface area contributed by atoms with E-state index in [1.807, 2.05) is 7.05 Å². The molecule has 0 aliphatic carbocycles. The molecule has 1 aliphatic rings. The molecule has 1 saturated heterocycles. The Morgan fingerprint density at radius 3 is 2.73 bits per heavy atom. The summed E-state index contributed by atoms with van der Waals surface area (Å²) < 4.78 is 54.7. The lowest BCUT2D eigenvalue weighted by molar-refractivity contribution is -0.137. The van der Waals surface area contributed by atoms with Crippen molar-refractivity contribution in [3.05, 3.63) is 34.2 Å². The number of imidazole rings is 1. The quantitative estimate of drug-likeness (QED) is 0.432. The zero-order valence-electron chi connectivity index (χ0n) is 15.5. The lowest BCUT2D eigenvalue weighted by atomic mass is 10.0. The van der Waals surface area contributed by atoms with Crippen molar-refractivity contribution in [1.82, 2.24) is 14.0 Å². The highest BCUT2D eigenvalue weighted by atomic mass is 32.2. The molecule has 0 N–H and O–H groups in total. The van der Waals surface area contributed by atoms with Crippen molar-refractivity contribution in [2.24, 2.45) is 0 Å². The molecule has 2 heterocycles. The van der Waals surface area contributed by atoms with Gasteiger partial charge in [-0.15, -0.1) is 0 Å². The van der Waals surface area contributed by atoms with Crippen molar-refractivity contribution < 1.29 is 17.4 Å². The van der Waals surface area contributed by atoms with Crippen molar-refractivity contribution in [2.75, 3.05) is 26.7 Å². The summed E-state index contributed by atoms with van der Waals surface area (Å²) in [4.78, 5) is 15.2. The maximum atomic E-state index is 13.2. The zero-order valence-corrected chi connectivity index (χ0v) is 15.3. The Morgan fingerprint density at radius 1 is 1.35 bits per heavy atom. The van der Waals surface area contributed by atoms with Crippen LogP contribution >= 0.6 is 11.9 Å². The van der Waals surface area contributed by atoms with Gasteiger partial charge < -0.3 is 9.08 Å². The van der Waals surface area contributed by atoms with Crippen LogP contribution < -0.4 is 5.69 Å². The molecule has 0 unspecified atom stereocenters. The Bertz CT molecular complexity index is 850. The van der Waals surface area contributed by atoms with Crippen molar-refractivity contribution in [1.29, 1.82) is 1.34 Å². The fraction of sp³-hybridized carbons (Fsp3) is 0.562. The summed E-state index contributed by atoms with van der Waals surface area (Å²) >= 11 is 0.940. The maximum absolute atomic E-state index is 13.2. The normalized spacial score (nSPS) is 17.6. The average molecular weight is 389 g/mol. The number of hydrogen-bond donors (Lipinski definition) is 0. The minimum Gasteiger partial charge on any atom is -0.326 e. The number of halogens is 3. The van der Waals surface area contributed by atoms with Crippen molar-refractivity contribution in [2.45, 2.75) is 31.6 Å². The molecule has 1 fully saturated rings. The number of alkyl halides is 3. The van der Waals surface area contributed by atoms with E-state index in [1.54, 1.807) is 4.57 Å². The van der Waals surface area contributed by atoms with E-state index >= 15 is 0 Å². The summed E-state index contributed by atoms with van der Waals surface area (Å²) in [5, 5.41) is 0. The van der Waals surface area contributed by atoms with Crippen LogP contribution in [-0.2, 0) is 16.9 Å². The van der Waals surface area contributed by atoms with E-state index < -0.39 is 11.7 Å². The fourth-order valence-electron chi connectivity index (χ4n) is 3.47. The molecule has 142 valence electrons. The Kier molecular flexibility index (Phi) is 5.33. The van der Waals surface area contributed by atoms with E-state index in [4.69, 9.17) is 5.52 Å². The smallest absolute Gasteiger partial charge is 0.326 e. The number of hydrogen-bond acceptors (Lipinski definition) is 4. The van der Waals surface area contributed by atoms with Gasteiger partial charge in [0.1, 0.15) is 0 Å². The van der Waals surface area contributed by atoms with Crippen LogP contribution in [0.3, 0.4) is 0 Å². The molecule has 5 nitrogen and oxygen atoms in total. The monoisotopic (exact) mass is 389 g/mol. The van der Waals surface area contributed by atoms with Gasteiger partial charge in [-0.3, -0.25) is 9.13 Å². The standard InChI is InChI=1S/C16H21BF3N3O2S/c1-21-6-4-12(5-7-21)23-13-3-2-11(16(18,19)20)10-14(13)22(15(23)24)8-9-25-26-17/h2-3,10,12H,4-9,17H2,1H3/i17T. The highest BCUT2D eigenvalue weighted by Gasteiger charge is 2.32. The first-order valence-corrected chi connectivity index (χ1v) is 9.28. The lowest BCUT2D eigenvalue weighted by Gasteiger charge is -2.29. The molecule has 26 heavy (non-hydrogen) atoms. The Hall–Kier alpha value is -1.39. The number of nitrogens with zero attached hydrogens (tertiary/aromatic N) is 3. The molecule has 1 aromatic carbocycles. The third-order valence-electron chi connectivity index (χ3n) is 4.82. The molecule has 0 radical (unpaired) electrons. The minimum atomic E-state index is -4.47. The second-order valence-corrected chi connectivity index (χ2v) is 6.95. The van der Waals surface area contributed by atoms with Gasteiger partial charge in [0.2, 0.25) is 7.09 Å². The van der Waals surface area contributed by atoms with Crippen LogP contribution in [0.5, 0.6) is 0 Å². The van der Waals surface area contributed by atoms with Crippen molar-refractivity contribution in [3.63, 3.8) is 0 Å². The summed E-state index contributed by atoms with van der Waals surface area (Å²) in [6.45, 7) is 1.97. The predicted molar refractivity (Wildman–Crippen MR) is 99.1 cm³/mol. The molecule has 1 aliphatic heterocycles. The fourth-order valence-corrected chi connectivity index (χ4v) is 3.66. The maximum Gasteiger partial charge on any atom is 0.416 e. The van der Waals surface area contributed by atoms with Gasteiger partial charge in [0.05, 0.1) is 29.7 Å². The third kappa shape index (κ3) is 3.82. The summed E-state index contributed by atoms with van der Waals surface area (Å²) in [7, 11) is 2.03. The van der Waals surface area contributed by atoms with Crippen LogP contribution in [-0.4, -0.2) is 49.2 Å². The lowest BCUT2D eigenvalue weighted by Crippen LogP contribution is -2.36. The van der Waals surface area contributed by atoms with Gasteiger partial charge in [-0.1, -0.05) is 11.9 Å². The van der Waals surface area contributed by atoms with E-state index in [0.717, 1.165) is 50.0 Å². The molecule has 10 heteroatoms. The van der Waals surface area contributed by atoms with Crippen molar-refractivity contribution >= 4 is 30.0 Å². The van der Waals surface area contributed by atoms with Crippen LogP contribution in [0, 0.1) is 0 Å². The molecule has 0 bridgehead atoms. The van der Waals surface area contributed by atoms with Gasteiger partial charge in [0.15, 0.2) is 0 Å². The van der Waals surface area contributed by atoms with E-state index in [-0.39, 0.29) is 37.5 Å². The van der Waals surface area contributed by atoms with Crippen LogP contribution in [0.1, 0.15) is 24.4 Å². The van der Waals surface area contributed by atoms with E-state index in [2.05, 4.69) is 4.90 Å². The molecule has 0 amide bonds. The number of rotatable bonds is 6. The van der Waals surface area contributed by atoms with Crippen LogP contribution in [0.25, 0.3) is 11.0 Å². The zero-order chi connectivity index (χ0) is 19.6. The molecule has 0 atom stereocenters. The number of benzene rings is 1. The summed E-state index contributed by atoms with van der Waals surface area (Å²) in [5.41, 5.74) is -0.284. The van der Waals surface area contributed by atoms with E-state index in [9.17, 15) is 18.0 Å². The van der Waals surface area contributed by atoms with E-state index in [0.29, 0.717) is 5.52 Å². The predicted octanol–water partition coefficient (Wildman–Crippen LogP) is 2.30. The average Bonchev–Trinajstić information content (AvgIpc) is 2.90. The highest BCUT2D eigenvalue weighted by molar-refractivity contribution is 8.15. The molecular weight excluding hydrogens is 366 g/mol. The molecule has 2 aromatic rings. The van der Waals surface area contributed by atoms with Gasteiger partial charge in [0, 0.05) is 6.04 Å². The van der Waals surface area contributed by atoms with Gasteiger partial charge in [-0.05, 0) is 52.5 Å². The number of aromatic nitrogens is 2. The number of likely N-dealkylation sites (tertiary alicyclic amines) is 1. The first-order chi connectivity index (χ1) is 12.8. The number of fused-ring (bicyclic) bond motifs is 1. The SMILES string of the molecule is [3H]BSOCCn1c(=O)n(C2CCN(C)CC2)c2ccc(C(F)(F)F)cc21. The highest BCUT2D eigenvalue weighted by Crippen LogP contribution is 2.32. The molecular formula is C16H21BF3N3O2S. The van der Waals surface area contributed by atoms with Crippen molar-refractivity contribution in [3.8, 4) is 0 Å². The van der Waals surface area contributed by atoms with E-state index in [1.165, 1.54) is 10.6 Å². The van der Waals surface area contributed by atoms with Gasteiger partial charge in [-0.2, -0.15) is 13.2 Å². The first kappa shape index (κ1) is 18.0. The minimum absolute atomic E-state index is 0.0183. The first-order valence-electron chi connectivity index (χ1n) is 9.08. The number of piperidine rings is 1. The molecule has 0 spiro atoms. The molecule has 3 rings (SSSR count). The topological polar surface area (TPSA) is 39.4 Å². The van der Waals surface area contributed by atoms with Crippen LogP contribution in [0.4, 0.5) is 13.2 Å². The third-order valence-corrected chi connectivity index (χ3v) is 5.16. The second-order valence-electron chi connectivity index (χ2n) is 6.48. The van der Waals surface area contributed by atoms with Gasteiger partial charge >= 0.3 is 11.9 Å². The summed E-state index contributed by atoms with van der Waals surface area (Å²) in [5.74, 6) is 0. The molecule has 1 aromatic heterocycles. The largest absolute Gasteiger partial charge is 0.416 e. The summed E-state index contributed by atoms with van der Waals surface area (Å²) in [6.07, 6.45) is -2.91. The Morgan fingerprint density at radius 2 is 2.08 bits per heavy atom. The Balaban J connectivity index is 2.04. The van der Waals surface area contributed by atoms with Crippen LogP contribution in [0.15, 0.2) is 23.0 Å².